The minimum Gasteiger partial charge on any atom is -0.375 e. The standard InChI is InChI=1S/C20H30N4O2/c1-5-15(6-2)18-12-17(26-24-18)13-22-20(21-3)23-14-19(25-4)16-10-8-7-9-11-16/h7-12,15,19H,5-6,13-14H2,1-4H3,(H2,21,22,23). The highest BCUT2D eigenvalue weighted by atomic mass is 16.5. The minimum atomic E-state index is -0.0403. The van der Waals surface area contributed by atoms with E-state index in [2.05, 4.69) is 46.8 Å². The molecule has 0 aliphatic heterocycles. The van der Waals surface area contributed by atoms with Crippen molar-refractivity contribution in [3.63, 3.8) is 0 Å². The molecule has 1 heterocycles. The van der Waals surface area contributed by atoms with Crippen LogP contribution in [0.4, 0.5) is 0 Å². The van der Waals surface area contributed by atoms with Gasteiger partial charge in [0.15, 0.2) is 11.7 Å². The zero-order valence-corrected chi connectivity index (χ0v) is 16.2. The first-order valence-electron chi connectivity index (χ1n) is 9.19. The number of aromatic nitrogens is 1. The average molecular weight is 358 g/mol. The molecule has 0 aliphatic carbocycles. The summed E-state index contributed by atoms with van der Waals surface area (Å²) in [6.07, 6.45) is 2.09. The maximum atomic E-state index is 5.57. The zero-order chi connectivity index (χ0) is 18.8. The highest BCUT2D eigenvalue weighted by Gasteiger charge is 2.14. The molecule has 1 atom stereocenters. The van der Waals surface area contributed by atoms with E-state index in [1.54, 1.807) is 14.2 Å². The van der Waals surface area contributed by atoms with Crippen LogP contribution in [0, 0.1) is 0 Å². The van der Waals surface area contributed by atoms with E-state index in [0.717, 1.165) is 29.9 Å². The molecule has 2 rings (SSSR count). The molecule has 0 amide bonds. The van der Waals surface area contributed by atoms with Crippen molar-refractivity contribution in [2.75, 3.05) is 20.7 Å². The zero-order valence-electron chi connectivity index (χ0n) is 16.2. The Morgan fingerprint density at radius 3 is 2.54 bits per heavy atom. The normalized spacial score (nSPS) is 13.0. The molecule has 0 spiro atoms. The van der Waals surface area contributed by atoms with Gasteiger partial charge in [-0.3, -0.25) is 4.99 Å². The van der Waals surface area contributed by atoms with E-state index in [9.17, 15) is 0 Å². The molecule has 6 nitrogen and oxygen atoms in total. The SMILES string of the molecule is CCC(CC)c1cc(CNC(=NC)NCC(OC)c2ccccc2)on1. The fraction of sp³-hybridized carbons (Fsp3) is 0.500. The Kier molecular flexibility index (Phi) is 8.15. The molecule has 0 saturated carbocycles. The molecule has 0 radical (unpaired) electrons. The fourth-order valence-electron chi connectivity index (χ4n) is 2.90. The third-order valence-corrected chi connectivity index (χ3v) is 4.55. The van der Waals surface area contributed by atoms with Gasteiger partial charge in [-0.25, -0.2) is 0 Å². The van der Waals surface area contributed by atoms with Crippen LogP contribution in [0.3, 0.4) is 0 Å². The number of aliphatic imine (C=N–C) groups is 1. The molecule has 0 bridgehead atoms. The summed E-state index contributed by atoms with van der Waals surface area (Å²) >= 11 is 0. The lowest BCUT2D eigenvalue weighted by molar-refractivity contribution is 0.106. The lowest BCUT2D eigenvalue weighted by atomic mass is 9.99. The highest BCUT2D eigenvalue weighted by molar-refractivity contribution is 5.79. The van der Waals surface area contributed by atoms with E-state index in [1.165, 1.54) is 0 Å². The first-order chi connectivity index (χ1) is 12.7. The van der Waals surface area contributed by atoms with E-state index in [0.29, 0.717) is 25.0 Å². The Morgan fingerprint density at radius 2 is 1.92 bits per heavy atom. The van der Waals surface area contributed by atoms with Gasteiger partial charge in [0.05, 0.1) is 18.3 Å². The van der Waals surface area contributed by atoms with Crippen molar-refractivity contribution >= 4 is 5.96 Å². The van der Waals surface area contributed by atoms with Crippen LogP contribution < -0.4 is 10.6 Å². The fourth-order valence-corrected chi connectivity index (χ4v) is 2.90. The van der Waals surface area contributed by atoms with Gasteiger partial charge in [-0.1, -0.05) is 49.3 Å². The number of ether oxygens (including phenoxy) is 1. The summed E-state index contributed by atoms with van der Waals surface area (Å²) in [5.41, 5.74) is 2.15. The van der Waals surface area contributed by atoms with Gasteiger partial charge in [-0.15, -0.1) is 0 Å². The van der Waals surface area contributed by atoms with E-state index in [-0.39, 0.29) is 6.10 Å². The second kappa shape index (κ2) is 10.6. The molecular formula is C20H30N4O2. The summed E-state index contributed by atoms with van der Waals surface area (Å²) in [5, 5.41) is 10.7. The molecule has 2 N–H and O–H groups in total. The second-order valence-corrected chi connectivity index (χ2v) is 6.17. The lowest BCUT2D eigenvalue weighted by Gasteiger charge is -2.18. The van der Waals surface area contributed by atoms with Gasteiger partial charge in [0.2, 0.25) is 0 Å². The summed E-state index contributed by atoms with van der Waals surface area (Å²) < 4.78 is 11.0. The van der Waals surface area contributed by atoms with Crippen molar-refractivity contribution in [2.24, 2.45) is 4.99 Å². The molecule has 142 valence electrons. The summed E-state index contributed by atoms with van der Waals surface area (Å²) in [5.74, 6) is 1.96. The van der Waals surface area contributed by atoms with E-state index in [1.807, 2.05) is 24.3 Å². The Bertz CT molecular complexity index is 665. The third-order valence-electron chi connectivity index (χ3n) is 4.55. The molecule has 26 heavy (non-hydrogen) atoms. The maximum absolute atomic E-state index is 5.57. The highest BCUT2D eigenvalue weighted by Crippen LogP contribution is 2.22. The Morgan fingerprint density at radius 1 is 1.19 bits per heavy atom. The van der Waals surface area contributed by atoms with Crippen molar-refractivity contribution in [2.45, 2.75) is 45.3 Å². The number of hydrogen-bond acceptors (Lipinski definition) is 4. The van der Waals surface area contributed by atoms with E-state index < -0.39 is 0 Å². The molecule has 6 heteroatoms. The third kappa shape index (κ3) is 5.59. The van der Waals surface area contributed by atoms with E-state index >= 15 is 0 Å². The quantitative estimate of drug-likeness (QED) is 0.529. The first kappa shape index (κ1) is 20.0. The van der Waals surface area contributed by atoms with Crippen LogP contribution in [-0.2, 0) is 11.3 Å². The number of nitrogens with one attached hydrogen (secondary N) is 2. The summed E-state index contributed by atoms with van der Waals surface area (Å²) in [4.78, 5) is 4.25. The Labute approximate surface area is 156 Å². The van der Waals surface area contributed by atoms with Gasteiger partial charge in [0.1, 0.15) is 0 Å². The molecule has 2 aromatic rings. The van der Waals surface area contributed by atoms with Gasteiger partial charge >= 0.3 is 0 Å². The van der Waals surface area contributed by atoms with Crippen molar-refractivity contribution in [3.8, 4) is 0 Å². The van der Waals surface area contributed by atoms with Crippen molar-refractivity contribution in [3.05, 3.63) is 53.4 Å². The number of guanidine groups is 1. The van der Waals surface area contributed by atoms with Gasteiger partial charge in [0.25, 0.3) is 0 Å². The van der Waals surface area contributed by atoms with Gasteiger partial charge in [-0.2, -0.15) is 0 Å². The number of methoxy groups -OCH3 is 1. The number of benzene rings is 1. The predicted octanol–water partition coefficient (Wildman–Crippen LogP) is 3.63. The Hall–Kier alpha value is -2.34. The van der Waals surface area contributed by atoms with Gasteiger partial charge < -0.3 is 19.9 Å². The molecular weight excluding hydrogens is 328 g/mol. The summed E-state index contributed by atoms with van der Waals surface area (Å²) in [6.45, 7) is 5.50. The largest absolute Gasteiger partial charge is 0.375 e. The van der Waals surface area contributed by atoms with Crippen molar-refractivity contribution < 1.29 is 9.26 Å². The number of hydrogen-bond donors (Lipinski definition) is 2. The van der Waals surface area contributed by atoms with Crippen molar-refractivity contribution in [1.82, 2.24) is 15.8 Å². The average Bonchev–Trinajstić information content (AvgIpc) is 3.15. The predicted molar refractivity (Wildman–Crippen MR) is 104 cm³/mol. The molecule has 0 fully saturated rings. The minimum absolute atomic E-state index is 0.0403. The van der Waals surface area contributed by atoms with Crippen LogP contribution in [0.15, 0.2) is 45.9 Å². The second-order valence-electron chi connectivity index (χ2n) is 6.17. The number of rotatable bonds is 9. The van der Waals surface area contributed by atoms with Crippen LogP contribution in [-0.4, -0.2) is 31.8 Å². The van der Waals surface area contributed by atoms with Crippen LogP contribution in [0.1, 0.15) is 55.7 Å². The van der Waals surface area contributed by atoms with Crippen LogP contribution >= 0.6 is 0 Å². The molecule has 1 aromatic carbocycles. The summed E-state index contributed by atoms with van der Waals surface area (Å²) in [6, 6.07) is 12.2. The van der Waals surface area contributed by atoms with Crippen LogP contribution in [0.25, 0.3) is 0 Å². The smallest absolute Gasteiger partial charge is 0.191 e. The number of nitrogens with zero attached hydrogens (tertiary/aromatic N) is 2. The lowest BCUT2D eigenvalue weighted by Crippen LogP contribution is -2.39. The van der Waals surface area contributed by atoms with Gasteiger partial charge in [-0.05, 0) is 18.4 Å². The van der Waals surface area contributed by atoms with Gasteiger partial charge in [0, 0.05) is 32.7 Å². The molecule has 0 saturated heterocycles. The van der Waals surface area contributed by atoms with E-state index in [4.69, 9.17) is 9.26 Å². The topological polar surface area (TPSA) is 71.7 Å². The summed E-state index contributed by atoms with van der Waals surface area (Å²) in [7, 11) is 3.46. The molecule has 1 aromatic heterocycles. The maximum Gasteiger partial charge on any atom is 0.191 e. The van der Waals surface area contributed by atoms with Crippen LogP contribution in [0.5, 0.6) is 0 Å². The first-order valence-corrected chi connectivity index (χ1v) is 9.19. The molecule has 0 aliphatic rings. The van der Waals surface area contributed by atoms with Crippen molar-refractivity contribution in [1.29, 1.82) is 0 Å². The monoisotopic (exact) mass is 358 g/mol. The van der Waals surface area contributed by atoms with Crippen LogP contribution in [0.2, 0.25) is 0 Å². The Balaban J connectivity index is 1.86. The molecule has 1 unspecified atom stereocenters.